The van der Waals surface area contributed by atoms with Gasteiger partial charge in [-0.15, -0.1) is 0 Å². The number of amides is 2. The van der Waals surface area contributed by atoms with Crippen molar-refractivity contribution in [3.8, 4) is 11.1 Å². The molecule has 2 bridgehead atoms. The van der Waals surface area contributed by atoms with Gasteiger partial charge in [-0.1, -0.05) is 59.8 Å². The van der Waals surface area contributed by atoms with Crippen molar-refractivity contribution in [2.75, 3.05) is 13.7 Å². The number of sulfonamides is 1. The van der Waals surface area contributed by atoms with Gasteiger partial charge in [0.25, 0.3) is 0 Å². The number of primary amides is 1. The van der Waals surface area contributed by atoms with E-state index in [1.54, 1.807) is 24.3 Å². The van der Waals surface area contributed by atoms with Gasteiger partial charge in [-0.3, -0.25) is 9.59 Å². The molecule has 9 nitrogen and oxygen atoms in total. The lowest BCUT2D eigenvalue weighted by molar-refractivity contribution is -0.127. The summed E-state index contributed by atoms with van der Waals surface area (Å²) in [6, 6.07) is 14.7. The third kappa shape index (κ3) is 4.31. The summed E-state index contributed by atoms with van der Waals surface area (Å²) in [4.78, 5) is 30.5. The molecule has 5 atom stereocenters. The number of hydrogen-bond acceptors (Lipinski definition) is 6. The smallest absolute Gasteiger partial charge is 0.244 e. The van der Waals surface area contributed by atoms with Gasteiger partial charge in [-0.2, -0.15) is 4.31 Å². The van der Waals surface area contributed by atoms with Crippen LogP contribution in [-0.2, 0) is 24.4 Å². The van der Waals surface area contributed by atoms with Crippen molar-refractivity contribution in [2.45, 2.75) is 29.8 Å². The van der Waals surface area contributed by atoms with Gasteiger partial charge in [0.05, 0.1) is 23.1 Å². The van der Waals surface area contributed by atoms with Crippen molar-refractivity contribution in [3.63, 3.8) is 0 Å². The van der Waals surface area contributed by atoms with Crippen molar-refractivity contribution in [1.82, 2.24) is 9.62 Å². The zero-order valence-electron chi connectivity index (χ0n) is 19.8. The molecule has 0 spiro atoms. The van der Waals surface area contributed by atoms with E-state index in [1.165, 1.54) is 7.11 Å². The predicted molar refractivity (Wildman–Crippen MR) is 134 cm³/mol. The second kappa shape index (κ2) is 9.51. The fourth-order valence-electron chi connectivity index (χ4n) is 5.60. The van der Waals surface area contributed by atoms with E-state index in [-0.39, 0.29) is 29.7 Å². The number of carbonyl (C=O) groups excluding carboxylic acids is 2. The number of rotatable bonds is 7. The van der Waals surface area contributed by atoms with Gasteiger partial charge in [0.2, 0.25) is 21.8 Å². The van der Waals surface area contributed by atoms with E-state index in [1.807, 2.05) is 42.5 Å². The van der Waals surface area contributed by atoms with Crippen LogP contribution in [0, 0.1) is 17.8 Å². The van der Waals surface area contributed by atoms with Crippen molar-refractivity contribution >= 4 is 27.5 Å². The Hall–Kier alpha value is -3.50. The lowest BCUT2D eigenvalue weighted by Crippen LogP contribution is -2.53. The summed E-state index contributed by atoms with van der Waals surface area (Å²) < 4.78 is 28.5. The van der Waals surface area contributed by atoms with Crippen LogP contribution in [-0.4, -0.2) is 56.0 Å². The SMILES string of the molecule is CO/N=C1/C[C@@H](C(=O)NC2C3C=CC(C3)C2C(N)=O)N(S(=O)(=O)c2ccc(-c3ccccc3)cc2)C1. The number of fused-ring (bicyclic) bond motifs is 2. The maximum atomic E-state index is 13.6. The summed E-state index contributed by atoms with van der Waals surface area (Å²) >= 11 is 0. The third-order valence-corrected chi connectivity index (χ3v) is 9.17. The Balaban J connectivity index is 1.40. The first-order chi connectivity index (χ1) is 17.3. The molecule has 2 amide bonds. The number of allylic oxidation sites excluding steroid dienone is 1. The van der Waals surface area contributed by atoms with E-state index in [2.05, 4.69) is 10.5 Å². The minimum absolute atomic E-state index is 0.000513. The average Bonchev–Trinajstić information content (AvgIpc) is 3.60. The van der Waals surface area contributed by atoms with Gasteiger partial charge < -0.3 is 15.9 Å². The molecular formula is C26H28N4O5S. The number of nitrogens with two attached hydrogens (primary N) is 1. The summed E-state index contributed by atoms with van der Waals surface area (Å²) in [7, 11) is -2.65. The highest BCUT2D eigenvalue weighted by Gasteiger charge is 2.50. The summed E-state index contributed by atoms with van der Waals surface area (Å²) in [6.45, 7) is -0.0649. The van der Waals surface area contributed by atoms with Gasteiger partial charge in [0.15, 0.2) is 0 Å². The first kappa shape index (κ1) is 24.2. The second-order valence-corrected chi connectivity index (χ2v) is 11.3. The van der Waals surface area contributed by atoms with Gasteiger partial charge in [0.1, 0.15) is 13.2 Å². The Bertz CT molecular complexity index is 1320. The fourth-order valence-corrected chi connectivity index (χ4v) is 7.18. The van der Waals surface area contributed by atoms with Crippen LogP contribution in [0.1, 0.15) is 12.8 Å². The van der Waals surface area contributed by atoms with E-state index < -0.39 is 39.8 Å². The third-order valence-electron chi connectivity index (χ3n) is 7.30. The Labute approximate surface area is 210 Å². The van der Waals surface area contributed by atoms with E-state index in [4.69, 9.17) is 10.6 Å². The topological polar surface area (TPSA) is 131 Å². The zero-order chi connectivity index (χ0) is 25.4. The molecule has 0 aromatic heterocycles. The van der Waals surface area contributed by atoms with Crippen LogP contribution >= 0.6 is 0 Å². The van der Waals surface area contributed by atoms with E-state index in [0.717, 1.165) is 21.9 Å². The van der Waals surface area contributed by atoms with Gasteiger partial charge >= 0.3 is 0 Å². The largest absolute Gasteiger partial charge is 0.399 e. The predicted octanol–water partition coefficient (Wildman–Crippen LogP) is 1.91. The van der Waals surface area contributed by atoms with Crippen LogP contribution < -0.4 is 11.1 Å². The molecule has 2 aliphatic carbocycles. The fraction of sp³-hybridized carbons (Fsp3) is 0.346. The number of oxime groups is 1. The molecule has 188 valence electrons. The van der Waals surface area contributed by atoms with E-state index >= 15 is 0 Å². The van der Waals surface area contributed by atoms with Crippen molar-refractivity contribution in [1.29, 1.82) is 0 Å². The van der Waals surface area contributed by atoms with E-state index in [9.17, 15) is 18.0 Å². The van der Waals surface area contributed by atoms with Gasteiger partial charge in [-0.25, -0.2) is 8.42 Å². The van der Waals surface area contributed by atoms with Gasteiger partial charge in [-0.05, 0) is 41.5 Å². The van der Waals surface area contributed by atoms with Crippen LogP contribution in [0.3, 0.4) is 0 Å². The lowest BCUT2D eigenvalue weighted by Gasteiger charge is -2.29. The summed E-state index contributed by atoms with van der Waals surface area (Å²) in [5.41, 5.74) is 7.93. The first-order valence-corrected chi connectivity index (χ1v) is 13.3. The molecule has 2 fully saturated rings. The Morgan fingerprint density at radius 3 is 2.36 bits per heavy atom. The standard InChI is InChI=1S/C26H28N4O5S/c1-35-29-20-14-22(26(32)28-24-19-8-7-18(13-19)23(24)25(27)31)30(15-20)36(33,34)21-11-9-17(10-12-21)16-5-3-2-4-6-16/h2-12,18-19,22-24H,13-15H2,1H3,(H2,27,31)(H,28,32)/b29-20-/t18?,19?,22-,23?,24?/m0/s1. The Kier molecular flexibility index (Phi) is 6.40. The van der Waals surface area contributed by atoms with Crippen molar-refractivity contribution in [3.05, 3.63) is 66.7 Å². The summed E-state index contributed by atoms with van der Waals surface area (Å²) in [6.07, 6.45) is 4.80. The zero-order valence-corrected chi connectivity index (χ0v) is 20.6. The molecule has 1 aliphatic heterocycles. The quantitative estimate of drug-likeness (QED) is 0.436. The highest BCUT2D eigenvalue weighted by Crippen LogP contribution is 2.43. The molecule has 0 radical (unpaired) electrons. The number of hydrogen-bond donors (Lipinski definition) is 2. The van der Waals surface area contributed by atoms with Crippen LogP contribution in [0.5, 0.6) is 0 Å². The monoisotopic (exact) mass is 508 g/mol. The molecule has 4 unspecified atom stereocenters. The minimum Gasteiger partial charge on any atom is -0.399 e. The van der Waals surface area contributed by atoms with Crippen LogP contribution in [0.4, 0.5) is 0 Å². The molecule has 36 heavy (non-hydrogen) atoms. The van der Waals surface area contributed by atoms with Crippen molar-refractivity contribution in [2.24, 2.45) is 28.6 Å². The number of benzene rings is 2. The van der Waals surface area contributed by atoms with Crippen LogP contribution in [0.25, 0.3) is 11.1 Å². The maximum absolute atomic E-state index is 13.6. The molecule has 1 saturated heterocycles. The number of carbonyl (C=O) groups is 2. The number of nitrogens with one attached hydrogen (secondary N) is 1. The normalized spacial score (nSPS) is 28.5. The molecular weight excluding hydrogens is 480 g/mol. The molecule has 1 heterocycles. The molecule has 3 aliphatic rings. The van der Waals surface area contributed by atoms with Gasteiger partial charge in [0, 0.05) is 12.5 Å². The van der Waals surface area contributed by atoms with E-state index in [0.29, 0.717) is 5.71 Å². The van der Waals surface area contributed by atoms with Crippen LogP contribution in [0.2, 0.25) is 0 Å². The molecule has 5 rings (SSSR count). The van der Waals surface area contributed by atoms with Crippen molar-refractivity contribution < 1.29 is 22.8 Å². The Morgan fingerprint density at radius 2 is 1.69 bits per heavy atom. The first-order valence-electron chi connectivity index (χ1n) is 11.8. The molecule has 3 N–H and O–H groups in total. The summed E-state index contributed by atoms with van der Waals surface area (Å²) in [5.74, 6) is -1.45. The maximum Gasteiger partial charge on any atom is 0.244 e. The summed E-state index contributed by atoms with van der Waals surface area (Å²) in [5, 5.41) is 6.86. The molecule has 10 heteroatoms. The highest BCUT2D eigenvalue weighted by atomic mass is 32.2. The highest BCUT2D eigenvalue weighted by molar-refractivity contribution is 7.89. The van der Waals surface area contributed by atoms with Crippen LogP contribution in [0.15, 0.2) is 76.8 Å². The lowest BCUT2D eigenvalue weighted by atomic mass is 9.88. The minimum atomic E-state index is -4.03. The second-order valence-electron chi connectivity index (χ2n) is 9.41. The number of nitrogens with zero attached hydrogens (tertiary/aromatic N) is 2. The average molecular weight is 509 g/mol. The molecule has 2 aromatic carbocycles. The molecule has 1 saturated carbocycles. The Morgan fingerprint density at radius 1 is 1.03 bits per heavy atom. The molecule has 2 aromatic rings.